The molecule has 2 aliphatic heterocycles. The zero-order valence-corrected chi connectivity index (χ0v) is 8.66. The van der Waals surface area contributed by atoms with Crippen molar-refractivity contribution in [3.05, 3.63) is 11.6 Å². The predicted octanol–water partition coefficient (Wildman–Crippen LogP) is 1.08. The number of Topliss-reactive ketones (excluding diaryl/α,β-unsaturated/α-hetero) is 1. The fraction of sp³-hybridized carbons (Fsp3) is 0.727. The van der Waals surface area contributed by atoms with Crippen molar-refractivity contribution in [2.45, 2.75) is 38.1 Å². The highest BCUT2D eigenvalue weighted by Crippen LogP contribution is 2.58. The second-order valence-corrected chi connectivity index (χ2v) is 4.87. The van der Waals surface area contributed by atoms with Crippen LogP contribution in [-0.2, 0) is 14.3 Å². The molecule has 0 bridgehead atoms. The van der Waals surface area contributed by atoms with E-state index in [0.717, 1.165) is 5.57 Å². The maximum atomic E-state index is 12.1. The van der Waals surface area contributed by atoms with E-state index in [0.29, 0.717) is 6.61 Å². The van der Waals surface area contributed by atoms with Crippen molar-refractivity contribution in [3.63, 3.8) is 0 Å². The number of epoxide rings is 2. The van der Waals surface area contributed by atoms with E-state index in [4.69, 9.17) is 9.47 Å². The Bertz CT molecular complexity index is 352. The van der Waals surface area contributed by atoms with Gasteiger partial charge in [0.15, 0.2) is 11.4 Å². The van der Waals surface area contributed by atoms with Crippen molar-refractivity contribution in [1.29, 1.82) is 0 Å². The first kappa shape index (κ1) is 8.62. The van der Waals surface area contributed by atoms with Crippen LogP contribution in [0.1, 0.15) is 20.8 Å². The molecule has 3 nitrogen and oxygen atoms in total. The number of hydrogen-bond acceptors (Lipinski definition) is 3. The summed E-state index contributed by atoms with van der Waals surface area (Å²) in [5.41, 5.74) is -0.100. The SMILES string of the molecule is CC(C)C1=C[C@H]2O[C@@]2(C)[C@@]2(CO2)C1=O. The van der Waals surface area contributed by atoms with Gasteiger partial charge in [-0.25, -0.2) is 0 Å². The molecule has 1 spiro atoms. The summed E-state index contributed by atoms with van der Waals surface area (Å²) in [6.45, 7) is 6.56. The number of ether oxygens (including phenoxy) is 2. The first-order valence-electron chi connectivity index (χ1n) is 5.09. The van der Waals surface area contributed by atoms with Crippen LogP contribution in [-0.4, -0.2) is 29.7 Å². The van der Waals surface area contributed by atoms with Gasteiger partial charge in [0, 0.05) is 0 Å². The summed E-state index contributed by atoms with van der Waals surface area (Å²) in [6.07, 6.45) is 2.07. The highest BCUT2D eigenvalue weighted by atomic mass is 16.7. The highest BCUT2D eigenvalue weighted by Gasteiger charge is 2.78. The maximum Gasteiger partial charge on any atom is 0.196 e. The second-order valence-electron chi connectivity index (χ2n) is 4.87. The molecule has 1 aliphatic carbocycles. The molecule has 0 amide bonds. The molecule has 2 saturated heterocycles. The number of carbonyl (C=O) groups excluding carboxylic acids is 1. The summed E-state index contributed by atoms with van der Waals surface area (Å²) in [5.74, 6) is 0.404. The van der Waals surface area contributed by atoms with Crippen LogP contribution in [0.3, 0.4) is 0 Å². The summed E-state index contributed by atoms with van der Waals surface area (Å²) in [5, 5.41) is 0. The monoisotopic (exact) mass is 194 g/mol. The van der Waals surface area contributed by atoms with Gasteiger partial charge in [0.05, 0.1) is 6.61 Å². The van der Waals surface area contributed by atoms with Gasteiger partial charge in [-0.2, -0.15) is 0 Å². The molecular formula is C11H14O3. The van der Waals surface area contributed by atoms with Crippen LogP contribution in [0.25, 0.3) is 0 Å². The zero-order chi connectivity index (χ0) is 10.1. The van der Waals surface area contributed by atoms with Crippen LogP contribution < -0.4 is 0 Å². The Morgan fingerprint density at radius 1 is 1.57 bits per heavy atom. The van der Waals surface area contributed by atoms with Gasteiger partial charge >= 0.3 is 0 Å². The van der Waals surface area contributed by atoms with Crippen LogP contribution in [0.4, 0.5) is 0 Å². The van der Waals surface area contributed by atoms with Crippen LogP contribution in [0.15, 0.2) is 11.6 Å². The topological polar surface area (TPSA) is 42.1 Å². The zero-order valence-electron chi connectivity index (χ0n) is 8.66. The Morgan fingerprint density at radius 3 is 2.71 bits per heavy atom. The fourth-order valence-corrected chi connectivity index (χ4v) is 2.39. The molecule has 0 aromatic heterocycles. The Balaban J connectivity index is 2.06. The van der Waals surface area contributed by atoms with Gasteiger partial charge in [-0.3, -0.25) is 4.79 Å². The molecule has 0 aromatic rings. The Labute approximate surface area is 83.1 Å². The molecule has 0 N–H and O–H groups in total. The van der Waals surface area contributed by atoms with Crippen LogP contribution in [0, 0.1) is 5.92 Å². The molecule has 3 heteroatoms. The first-order chi connectivity index (χ1) is 6.51. The molecule has 3 rings (SSSR count). The lowest BCUT2D eigenvalue weighted by atomic mass is 9.76. The summed E-state index contributed by atoms with van der Waals surface area (Å²) in [6, 6.07) is 0. The van der Waals surface area contributed by atoms with Crippen molar-refractivity contribution < 1.29 is 14.3 Å². The number of fused-ring (bicyclic) bond motifs is 2. The van der Waals surface area contributed by atoms with Gasteiger partial charge in [-0.15, -0.1) is 0 Å². The summed E-state index contributed by atoms with van der Waals surface area (Å²) >= 11 is 0. The number of carbonyl (C=O) groups is 1. The second kappa shape index (κ2) is 2.12. The van der Waals surface area contributed by atoms with Crippen LogP contribution >= 0.6 is 0 Å². The molecule has 76 valence electrons. The van der Waals surface area contributed by atoms with Crippen molar-refractivity contribution in [2.24, 2.45) is 5.92 Å². The number of rotatable bonds is 1. The molecule has 2 fully saturated rings. The van der Waals surface area contributed by atoms with Crippen molar-refractivity contribution >= 4 is 5.78 Å². The molecule has 14 heavy (non-hydrogen) atoms. The molecular weight excluding hydrogens is 180 g/mol. The largest absolute Gasteiger partial charge is 0.358 e. The van der Waals surface area contributed by atoms with E-state index in [1.165, 1.54) is 0 Å². The predicted molar refractivity (Wildman–Crippen MR) is 49.9 cm³/mol. The average molecular weight is 194 g/mol. The van der Waals surface area contributed by atoms with E-state index in [-0.39, 0.29) is 23.4 Å². The molecule has 3 atom stereocenters. The molecule has 3 aliphatic rings. The summed E-state index contributed by atoms with van der Waals surface area (Å²) in [4.78, 5) is 12.1. The quantitative estimate of drug-likeness (QED) is 0.586. The highest BCUT2D eigenvalue weighted by molar-refractivity contribution is 6.07. The summed E-state index contributed by atoms with van der Waals surface area (Å²) < 4.78 is 10.9. The van der Waals surface area contributed by atoms with Gasteiger partial charge in [0.25, 0.3) is 0 Å². The standard InChI is InChI=1S/C11H14O3/c1-6(2)7-4-8-10(3,14-8)11(5-13-11)9(7)12/h4,6,8H,5H2,1-3H3/t8-,10-,11-/m1/s1. The smallest absolute Gasteiger partial charge is 0.196 e. The minimum atomic E-state index is -0.619. The molecule has 0 aromatic carbocycles. The Morgan fingerprint density at radius 2 is 2.21 bits per heavy atom. The van der Waals surface area contributed by atoms with Gasteiger partial charge < -0.3 is 9.47 Å². The van der Waals surface area contributed by atoms with Gasteiger partial charge in [-0.05, 0) is 24.5 Å². The average Bonchev–Trinajstić information content (AvgIpc) is 2.94. The number of ketones is 1. The van der Waals surface area contributed by atoms with Crippen LogP contribution in [0.5, 0.6) is 0 Å². The molecule has 2 heterocycles. The van der Waals surface area contributed by atoms with E-state index < -0.39 is 5.60 Å². The van der Waals surface area contributed by atoms with Crippen LogP contribution in [0.2, 0.25) is 0 Å². The van der Waals surface area contributed by atoms with E-state index in [1.54, 1.807) is 0 Å². The van der Waals surface area contributed by atoms with Gasteiger partial charge in [0.1, 0.15) is 11.7 Å². The summed E-state index contributed by atoms with van der Waals surface area (Å²) in [7, 11) is 0. The minimum absolute atomic E-state index is 0.0973. The first-order valence-corrected chi connectivity index (χ1v) is 5.09. The molecule has 0 saturated carbocycles. The van der Waals surface area contributed by atoms with E-state index in [9.17, 15) is 4.79 Å². The third-order valence-corrected chi connectivity index (χ3v) is 3.67. The lowest BCUT2D eigenvalue weighted by molar-refractivity contribution is -0.123. The normalized spacial score (nSPS) is 49.3. The van der Waals surface area contributed by atoms with Crippen molar-refractivity contribution in [2.75, 3.05) is 6.61 Å². The minimum Gasteiger partial charge on any atom is -0.358 e. The van der Waals surface area contributed by atoms with Crippen molar-refractivity contribution in [1.82, 2.24) is 0 Å². The molecule has 0 radical (unpaired) electrons. The third kappa shape index (κ3) is 0.743. The maximum absolute atomic E-state index is 12.1. The van der Waals surface area contributed by atoms with E-state index >= 15 is 0 Å². The lowest BCUT2D eigenvalue weighted by Crippen LogP contribution is -2.45. The third-order valence-electron chi connectivity index (χ3n) is 3.67. The fourth-order valence-electron chi connectivity index (χ4n) is 2.39. The van der Waals surface area contributed by atoms with Gasteiger partial charge in [-0.1, -0.05) is 13.8 Å². The Kier molecular flexibility index (Phi) is 1.31. The van der Waals surface area contributed by atoms with E-state index in [2.05, 4.69) is 0 Å². The van der Waals surface area contributed by atoms with Gasteiger partial charge in [0.2, 0.25) is 0 Å². The lowest BCUT2D eigenvalue weighted by Gasteiger charge is -2.22. The Hall–Kier alpha value is -0.670. The number of hydrogen-bond donors (Lipinski definition) is 0. The van der Waals surface area contributed by atoms with E-state index in [1.807, 2.05) is 26.8 Å². The van der Waals surface area contributed by atoms with Crippen molar-refractivity contribution in [3.8, 4) is 0 Å². The molecule has 0 unspecified atom stereocenters.